The van der Waals surface area contributed by atoms with Gasteiger partial charge >= 0.3 is 0 Å². The van der Waals surface area contributed by atoms with Crippen LogP contribution < -0.4 is 9.47 Å². The van der Waals surface area contributed by atoms with E-state index in [9.17, 15) is 9.59 Å². The van der Waals surface area contributed by atoms with Crippen LogP contribution in [0.15, 0.2) is 39.3 Å². The van der Waals surface area contributed by atoms with E-state index in [0.717, 1.165) is 10.0 Å². The molecular formula is C25H29BrO5. The van der Waals surface area contributed by atoms with E-state index < -0.39 is 5.92 Å². The van der Waals surface area contributed by atoms with Crippen LogP contribution in [0.4, 0.5) is 0 Å². The SMILES string of the molecule is COc1cc(Br)c(C2C3=C(CC(C)(C)CC3=O)OC3=C2C(=O)CC(C)(C)C3)cc1OC. The van der Waals surface area contributed by atoms with Gasteiger partial charge in [-0.05, 0) is 28.5 Å². The van der Waals surface area contributed by atoms with Crippen LogP contribution in [-0.2, 0) is 14.3 Å². The lowest BCUT2D eigenvalue weighted by Crippen LogP contribution is -2.37. The molecule has 5 nitrogen and oxygen atoms in total. The first-order valence-corrected chi connectivity index (χ1v) is 11.4. The number of benzene rings is 1. The maximum Gasteiger partial charge on any atom is 0.163 e. The Kier molecular flexibility index (Phi) is 5.36. The Morgan fingerprint density at radius 3 is 1.74 bits per heavy atom. The summed E-state index contributed by atoms with van der Waals surface area (Å²) in [5.41, 5.74) is 1.68. The molecule has 1 heterocycles. The minimum absolute atomic E-state index is 0.0436. The molecule has 0 spiro atoms. The summed E-state index contributed by atoms with van der Waals surface area (Å²) < 4.78 is 18.1. The summed E-state index contributed by atoms with van der Waals surface area (Å²) in [6, 6.07) is 3.70. The second-order valence-electron chi connectivity index (χ2n) is 10.3. The topological polar surface area (TPSA) is 61.8 Å². The number of hydrogen-bond donors (Lipinski definition) is 0. The molecule has 0 saturated heterocycles. The Morgan fingerprint density at radius 1 is 0.839 bits per heavy atom. The highest BCUT2D eigenvalue weighted by atomic mass is 79.9. The van der Waals surface area contributed by atoms with Gasteiger partial charge in [0.25, 0.3) is 0 Å². The highest BCUT2D eigenvalue weighted by molar-refractivity contribution is 9.10. The van der Waals surface area contributed by atoms with E-state index in [1.165, 1.54) is 0 Å². The molecule has 2 aliphatic carbocycles. The third kappa shape index (κ3) is 3.84. The van der Waals surface area contributed by atoms with Gasteiger partial charge in [-0.3, -0.25) is 9.59 Å². The van der Waals surface area contributed by atoms with Crippen molar-refractivity contribution >= 4 is 27.5 Å². The molecule has 1 aromatic rings. The predicted molar refractivity (Wildman–Crippen MR) is 121 cm³/mol. The summed E-state index contributed by atoms with van der Waals surface area (Å²) in [7, 11) is 3.16. The highest BCUT2D eigenvalue weighted by Gasteiger charge is 2.48. The van der Waals surface area contributed by atoms with Gasteiger partial charge in [-0.15, -0.1) is 0 Å². The van der Waals surface area contributed by atoms with Crippen molar-refractivity contribution in [1.82, 2.24) is 0 Å². The number of carbonyl (C=O) groups excluding carboxylic acids is 2. The van der Waals surface area contributed by atoms with Gasteiger partial charge in [-0.2, -0.15) is 0 Å². The Labute approximate surface area is 191 Å². The van der Waals surface area contributed by atoms with Gasteiger partial charge in [-0.25, -0.2) is 0 Å². The molecule has 0 N–H and O–H groups in total. The zero-order chi connectivity index (χ0) is 22.7. The number of hydrogen-bond acceptors (Lipinski definition) is 5. The second-order valence-corrected chi connectivity index (χ2v) is 11.2. The van der Waals surface area contributed by atoms with Crippen LogP contribution in [0.1, 0.15) is 64.9 Å². The molecule has 0 aromatic heterocycles. The number of carbonyl (C=O) groups is 2. The molecule has 0 atom stereocenters. The quantitative estimate of drug-likeness (QED) is 0.532. The Balaban J connectivity index is 1.97. The van der Waals surface area contributed by atoms with E-state index in [0.29, 0.717) is 59.8 Å². The van der Waals surface area contributed by atoms with Crippen molar-refractivity contribution in [2.45, 2.75) is 59.3 Å². The standard InChI is InChI=1S/C25H29BrO5/c1-24(2)9-15(27)22-19(11-24)31-20-12-25(3,4)10-16(28)23(20)21(22)13-7-17(29-5)18(30-6)8-14(13)26/h7-8,21H,9-12H2,1-6H3. The average molecular weight is 489 g/mol. The minimum atomic E-state index is -0.472. The van der Waals surface area contributed by atoms with Crippen molar-refractivity contribution in [3.05, 3.63) is 44.8 Å². The lowest BCUT2D eigenvalue weighted by Gasteiger charge is -2.43. The summed E-state index contributed by atoms with van der Waals surface area (Å²) in [6.07, 6.45) is 2.19. The number of allylic oxidation sites excluding steroid dienone is 4. The molecule has 6 heteroatoms. The van der Waals surface area contributed by atoms with Crippen LogP contribution in [-0.4, -0.2) is 25.8 Å². The van der Waals surface area contributed by atoms with E-state index in [4.69, 9.17) is 14.2 Å². The summed E-state index contributed by atoms with van der Waals surface area (Å²) >= 11 is 3.66. The average Bonchev–Trinajstić information content (AvgIpc) is 2.64. The van der Waals surface area contributed by atoms with E-state index in [2.05, 4.69) is 43.6 Å². The normalized spacial score (nSPS) is 22.7. The smallest absolute Gasteiger partial charge is 0.163 e. The first kappa shape index (κ1) is 22.1. The molecule has 0 bridgehead atoms. The van der Waals surface area contributed by atoms with Gasteiger partial charge in [-0.1, -0.05) is 43.6 Å². The van der Waals surface area contributed by atoms with Crippen LogP contribution in [0, 0.1) is 10.8 Å². The summed E-state index contributed by atoms with van der Waals surface area (Å²) in [5, 5.41) is 0. The molecule has 4 rings (SSSR count). The van der Waals surface area contributed by atoms with Crippen molar-refractivity contribution in [1.29, 1.82) is 0 Å². The third-order valence-electron chi connectivity index (χ3n) is 6.40. The number of ether oxygens (including phenoxy) is 3. The van der Waals surface area contributed by atoms with Gasteiger partial charge in [0, 0.05) is 47.2 Å². The molecule has 0 unspecified atom stereocenters. The molecular weight excluding hydrogens is 460 g/mol. The Morgan fingerprint density at radius 2 is 1.29 bits per heavy atom. The Hall–Kier alpha value is -2.08. The summed E-state index contributed by atoms with van der Waals surface area (Å²) in [6.45, 7) is 8.33. The van der Waals surface area contributed by atoms with Gasteiger partial charge in [0.05, 0.1) is 14.2 Å². The number of methoxy groups -OCH3 is 2. The van der Waals surface area contributed by atoms with Crippen LogP contribution in [0.3, 0.4) is 0 Å². The molecule has 0 radical (unpaired) electrons. The molecule has 0 fully saturated rings. The van der Waals surface area contributed by atoms with E-state index >= 15 is 0 Å². The van der Waals surface area contributed by atoms with E-state index in [1.54, 1.807) is 14.2 Å². The minimum Gasteiger partial charge on any atom is -0.493 e. The van der Waals surface area contributed by atoms with Crippen LogP contribution in [0.25, 0.3) is 0 Å². The zero-order valence-electron chi connectivity index (χ0n) is 19.0. The zero-order valence-corrected chi connectivity index (χ0v) is 20.6. The van der Waals surface area contributed by atoms with E-state index in [1.807, 2.05) is 12.1 Å². The van der Waals surface area contributed by atoms with Crippen LogP contribution in [0.5, 0.6) is 11.5 Å². The fraction of sp³-hybridized carbons (Fsp3) is 0.520. The molecule has 31 heavy (non-hydrogen) atoms. The molecule has 166 valence electrons. The predicted octanol–water partition coefficient (Wildman–Crippen LogP) is 5.87. The fourth-order valence-corrected chi connectivity index (χ4v) is 5.63. The largest absolute Gasteiger partial charge is 0.493 e. The van der Waals surface area contributed by atoms with Gasteiger partial charge in [0.1, 0.15) is 11.5 Å². The van der Waals surface area contributed by atoms with Gasteiger partial charge < -0.3 is 14.2 Å². The van der Waals surface area contributed by atoms with Crippen molar-refractivity contribution < 1.29 is 23.8 Å². The van der Waals surface area contributed by atoms with Gasteiger partial charge in [0.2, 0.25) is 0 Å². The molecule has 1 aromatic carbocycles. The number of Topliss-reactive ketones (excluding diaryl/α,β-unsaturated/α-hetero) is 2. The lowest BCUT2D eigenvalue weighted by molar-refractivity contribution is -0.120. The van der Waals surface area contributed by atoms with E-state index in [-0.39, 0.29) is 22.4 Å². The Bertz CT molecular complexity index is 992. The van der Waals surface area contributed by atoms with Crippen molar-refractivity contribution in [3.8, 4) is 11.5 Å². The lowest BCUT2D eigenvalue weighted by atomic mass is 9.65. The molecule has 0 saturated carbocycles. The summed E-state index contributed by atoms with van der Waals surface area (Å²) in [5.74, 6) is 2.17. The monoisotopic (exact) mass is 488 g/mol. The first-order chi connectivity index (χ1) is 14.5. The maximum absolute atomic E-state index is 13.4. The maximum atomic E-state index is 13.4. The molecule has 3 aliphatic rings. The van der Waals surface area contributed by atoms with Gasteiger partial charge in [0.15, 0.2) is 23.1 Å². The second kappa shape index (κ2) is 7.51. The molecule has 0 amide bonds. The highest BCUT2D eigenvalue weighted by Crippen LogP contribution is 2.54. The van der Waals surface area contributed by atoms with Crippen LogP contribution in [0.2, 0.25) is 0 Å². The number of ketones is 2. The van der Waals surface area contributed by atoms with Crippen molar-refractivity contribution in [2.75, 3.05) is 14.2 Å². The molecule has 1 aliphatic heterocycles. The first-order valence-electron chi connectivity index (χ1n) is 10.6. The summed E-state index contributed by atoms with van der Waals surface area (Å²) in [4.78, 5) is 26.8. The fourth-order valence-electron chi connectivity index (χ4n) is 5.08. The number of rotatable bonds is 3. The number of halogens is 1. The van der Waals surface area contributed by atoms with Crippen LogP contribution >= 0.6 is 15.9 Å². The third-order valence-corrected chi connectivity index (χ3v) is 7.08. The van der Waals surface area contributed by atoms with Crippen molar-refractivity contribution in [2.24, 2.45) is 10.8 Å². The van der Waals surface area contributed by atoms with Crippen molar-refractivity contribution in [3.63, 3.8) is 0 Å².